The third-order valence-corrected chi connectivity index (χ3v) is 5.15. The average Bonchev–Trinajstić information content (AvgIpc) is 2.27. The Morgan fingerprint density at radius 3 is 2.67 bits per heavy atom. The Morgan fingerprint density at radius 1 is 1.50 bits per heavy atom. The van der Waals surface area contributed by atoms with Gasteiger partial charge in [-0.1, -0.05) is 22.9 Å². The molecule has 7 heteroatoms. The van der Waals surface area contributed by atoms with Gasteiger partial charge >= 0.3 is 0 Å². The zero-order valence-electron chi connectivity index (χ0n) is 10.1. The molecule has 0 saturated heterocycles. The van der Waals surface area contributed by atoms with Crippen LogP contribution in [0.1, 0.15) is 13.3 Å². The number of nitrogens with one attached hydrogen (secondary N) is 1. The van der Waals surface area contributed by atoms with E-state index in [-0.39, 0.29) is 10.9 Å². The van der Waals surface area contributed by atoms with E-state index >= 15 is 0 Å². The highest BCUT2D eigenvalue weighted by Gasteiger charge is 2.22. The number of hydrogen-bond donors (Lipinski definition) is 1. The van der Waals surface area contributed by atoms with E-state index in [9.17, 15) is 12.8 Å². The van der Waals surface area contributed by atoms with Crippen LogP contribution >= 0.6 is 27.7 Å². The fourth-order valence-electron chi connectivity index (χ4n) is 1.41. The van der Waals surface area contributed by atoms with Crippen molar-refractivity contribution in [2.24, 2.45) is 0 Å². The van der Waals surface area contributed by atoms with Crippen LogP contribution in [0.15, 0.2) is 27.6 Å². The first-order valence-electron chi connectivity index (χ1n) is 5.37. The molecule has 1 rings (SSSR count). The van der Waals surface area contributed by atoms with Gasteiger partial charge in [-0.15, -0.1) is 0 Å². The molecular weight excluding hydrogens is 341 g/mol. The molecule has 3 nitrogen and oxygen atoms in total. The van der Waals surface area contributed by atoms with Gasteiger partial charge in [-0.3, -0.25) is 0 Å². The minimum atomic E-state index is -3.80. The van der Waals surface area contributed by atoms with E-state index in [0.29, 0.717) is 16.6 Å². The van der Waals surface area contributed by atoms with Gasteiger partial charge in [-0.25, -0.2) is 17.5 Å². The first-order chi connectivity index (χ1) is 8.40. The molecule has 0 fully saturated rings. The number of benzene rings is 1. The lowest BCUT2D eigenvalue weighted by Gasteiger charge is -2.16. The Labute approximate surface area is 120 Å². The zero-order chi connectivity index (χ0) is 13.8. The molecule has 1 N–H and O–H groups in total. The normalized spacial score (nSPS) is 13.6. The largest absolute Gasteiger partial charge is 0.243 e. The first-order valence-corrected chi connectivity index (χ1v) is 9.04. The lowest BCUT2D eigenvalue weighted by molar-refractivity contribution is 0.541. The molecule has 0 aliphatic carbocycles. The molecule has 18 heavy (non-hydrogen) atoms. The van der Waals surface area contributed by atoms with Crippen molar-refractivity contribution >= 4 is 37.7 Å². The third kappa shape index (κ3) is 4.22. The first kappa shape index (κ1) is 15.9. The maximum Gasteiger partial charge on any atom is 0.243 e. The maximum atomic E-state index is 13.6. The van der Waals surface area contributed by atoms with Crippen LogP contribution in [0.2, 0.25) is 0 Å². The van der Waals surface area contributed by atoms with Crippen molar-refractivity contribution in [1.29, 1.82) is 0 Å². The molecule has 0 bridgehead atoms. The van der Waals surface area contributed by atoms with Crippen molar-refractivity contribution in [2.75, 3.05) is 12.0 Å². The molecule has 0 spiro atoms. The Hall–Kier alpha value is -0.110. The van der Waals surface area contributed by atoms with Crippen LogP contribution < -0.4 is 4.72 Å². The molecule has 0 radical (unpaired) electrons. The minimum Gasteiger partial charge on any atom is -0.207 e. The summed E-state index contributed by atoms with van der Waals surface area (Å²) >= 11 is 4.64. The van der Waals surface area contributed by atoms with Crippen molar-refractivity contribution in [3.8, 4) is 0 Å². The molecule has 0 amide bonds. The van der Waals surface area contributed by atoms with Crippen LogP contribution in [-0.4, -0.2) is 26.5 Å². The lowest BCUT2D eigenvalue weighted by Crippen LogP contribution is -2.36. The van der Waals surface area contributed by atoms with Gasteiger partial charge in [-0.05, 0) is 30.9 Å². The summed E-state index contributed by atoms with van der Waals surface area (Å²) in [4.78, 5) is -0.315. The second-order valence-corrected chi connectivity index (χ2v) is 7.27. The molecule has 102 valence electrons. The summed E-state index contributed by atoms with van der Waals surface area (Å²) in [5.41, 5.74) is 0. The van der Waals surface area contributed by atoms with Crippen molar-refractivity contribution in [1.82, 2.24) is 4.72 Å². The van der Waals surface area contributed by atoms with E-state index in [1.165, 1.54) is 12.1 Å². The van der Waals surface area contributed by atoms with Crippen molar-refractivity contribution < 1.29 is 12.8 Å². The van der Waals surface area contributed by atoms with Gasteiger partial charge in [0.1, 0.15) is 10.7 Å². The van der Waals surface area contributed by atoms with Gasteiger partial charge in [0, 0.05) is 16.3 Å². The molecule has 0 aromatic heterocycles. The standard InChI is InChI=1S/C11H15BrFNO2S2/c1-3-9(7-17-2)14-18(15,16)11-5-4-8(12)6-10(11)13/h4-6,9,14H,3,7H2,1-2H3. The van der Waals surface area contributed by atoms with E-state index in [0.717, 1.165) is 6.07 Å². The number of rotatable bonds is 6. The van der Waals surface area contributed by atoms with E-state index in [1.807, 2.05) is 13.2 Å². The summed E-state index contributed by atoms with van der Waals surface area (Å²) in [6, 6.07) is 3.72. The fourth-order valence-corrected chi connectivity index (χ4v) is 3.95. The van der Waals surface area contributed by atoms with E-state index in [1.54, 1.807) is 11.8 Å². The number of halogens is 2. The monoisotopic (exact) mass is 355 g/mol. The summed E-state index contributed by atoms with van der Waals surface area (Å²) in [6.45, 7) is 1.89. The summed E-state index contributed by atoms with van der Waals surface area (Å²) in [6.07, 6.45) is 2.56. The summed E-state index contributed by atoms with van der Waals surface area (Å²) in [5.74, 6) is -0.0932. The van der Waals surface area contributed by atoms with Crippen LogP contribution in [0.5, 0.6) is 0 Å². The Morgan fingerprint density at radius 2 is 2.17 bits per heavy atom. The predicted molar refractivity (Wildman–Crippen MR) is 76.9 cm³/mol. The van der Waals surface area contributed by atoms with Crippen molar-refractivity contribution in [2.45, 2.75) is 24.3 Å². The van der Waals surface area contributed by atoms with Crippen molar-refractivity contribution in [3.05, 3.63) is 28.5 Å². The Balaban J connectivity index is 2.99. The van der Waals surface area contributed by atoms with E-state index < -0.39 is 15.8 Å². The van der Waals surface area contributed by atoms with E-state index in [2.05, 4.69) is 20.7 Å². The SMILES string of the molecule is CCC(CSC)NS(=O)(=O)c1ccc(Br)cc1F. The minimum absolute atomic E-state index is 0.187. The van der Waals surface area contributed by atoms with Gasteiger partial charge in [0.15, 0.2) is 0 Å². The maximum absolute atomic E-state index is 13.6. The topological polar surface area (TPSA) is 46.2 Å². The van der Waals surface area contributed by atoms with Gasteiger partial charge in [0.25, 0.3) is 0 Å². The van der Waals surface area contributed by atoms with Crippen LogP contribution in [0, 0.1) is 5.82 Å². The average molecular weight is 356 g/mol. The molecule has 1 atom stereocenters. The zero-order valence-corrected chi connectivity index (χ0v) is 13.3. The molecule has 0 aliphatic rings. The highest BCUT2D eigenvalue weighted by atomic mass is 79.9. The van der Waals surface area contributed by atoms with Gasteiger partial charge in [-0.2, -0.15) is 11.8 Å². The van der Waals surface area contributed by atoms with Gasteiger partial charge in [0.2, 0.25) is 10.0 Å². The third-order valence-electron chi connectivity index (χ3n) is 2.37. The molecule has 1 unspecified atom stereocenters. The van der Waals surface area contributed by atoms with E-state index in [4.69, 9.17) is 0 Å². The molecule has 1 aromatic carbocycles. The summed E-state index contributed by atoms with van der Waals surface area (Å²) in [5, 5.41) is 0. The van der Waals surface area contributed by atoms with Crippen LogP contribution in [0.4, 0.5) is 4.39 Å². The predicted octanol–water partition coefficient (Wildman–Crippen LogP) is 3.01. The molecule has 0 aliphatic heterocycles. The Bertz CT molecular complexity index is 508. The van der Waals surface area contributed by atoms with Crippen LogP contribution in [0.3, 0.4) is 0 Å². The summed E-state index contributed by atoms with van der Waals surface area (Å²) < 4.78 is 40.7. The smallest absolute Gasteiger partial charge is 0.207 e. The summed E-state index contributed by atoms with van der Waals surface area (Å²) in [7, 11) is -3.80. The number of thioether (sulfide) groups is 1. The molecular formula is C11H15BrFNO2S2. The highest BCUT2D eigenvalue weighted by molar-refractivity contribution is 9.10. The highest BCUT2D eigenvalue weighted by Crippen LogP contribution is 2.20. The number of sulfonamides is 1. The van der Waals surface area contributed by atoms with Crippen LogP contribution in [-0.2, 0) is 10.0 Å². The molecule has 0 saturated carbocycles. The number of hydrogen-bond acceptors (Lipinski definition) is 3. The quantitative estimate of drug-likeness (QED) is 0.852. The van der Waals surface area contributed by atoms with Crippen molar-refractivity contribution in [3.63, 3.8) is 0 Å². The second-order valence-electron chi connectivity index (χ2n) is 3.76. The molecule has 0 heterocycles. The fraction of sp³-hybridized carbons (Fsp3) is 0.455. The second kappa shape index (κ2) is 6.88. The lowest BCUT2D eigenvalue weighted by atomic mass is 10.3. The van der Waals surface area contributed by atoms with Gasteiger partial charge < -0.3 is 0 Å². The molecule has 1 aromatic rings. The van der Waals surface area contributed by atoms with Gasteiger partial charge in [0.05, 0.1) is 0 Å². The Kier molecular flexibility index (Phi) is 6.10. The van der Waals surface area contributed by atoms with Crippen LogP contribution in [0.25, 0.3) is 0 Å².